The number of hydrogen-bond donors (Lipinski definition) is 1. The number of hydrogen-bond acceptors (Lipinski definition) is 2. The Labute approximate surface area is 108 Å². The van der Waals surface area contributed by atoms with Gasteiger partial charge in [-0.15, -0.1) is 0 Å². The van der Waals surface area contributed by atoms with Crippen LogP contribution < -0.4 is 10.5 Å². The molecule has 2 N–H and O–H groups in total. The number of nitrogen functional groups attached to an aromatic ring is 1. The number of ether oxygens (including phenoxy) is 1. The first kappa shape index (κ1) is 12.6. The van der Waals surface area contributed by atoms with Crippen molar-refractivity contribution in [2.75, 3.05) is 12.8 Å². The minimum absolute atomic E-state index is 0.0558. The number of methoxy groups -OCH3 is 1. The second-order valence-corrected chi connectivity index (χ2v) is 4.10. The highest BCUT2D eigenvalue weighted by Crippen LogP contribution is 2.35. The molecule has 0 radical (unpaired) electrons. The van der Waals surface area contributed by atoms with Gasteiger partial charge in [-0.1, -0.05) is 11.6 Å². The molecular formula is C13H10ClF2NO. The fourth-order valence-electron chi connectivity index (χ4n) is 1.65. The molecular weight excluding hydrogens is 260 g/mol. The highest BCUT2D eigenvalue weighted by Gasteiger charge is 2.13. The van der Waals surface area contributed by atoms with Crippen LogP contribution in [-0.4, -0.2) is 7.11 Å². The van der Waals surface area contributed by atoms with Gasteiger partial charge in [0, 0.05) is 17.2 Å². The summed E-state index contributed by atoms with van der Waals surface area (Å²) in [5, 5.41) is 0.0558. The average molecular weight is 270 g/mol. The van der Waals surface area contributed by atoms with Gasteiger partial charge in [0.2, 0.25) is 0 Å². The molecule has 0 aliphatic heterocycles. The number of benzene rings is 2. The van der Waals surface area contributed by atoms with Crippen molar-refractivity contribution in [3.8, 4) is 16.9 Å². The molecule has 0 spiro atoms. The van der Waals surface area contributed by atoms with Gasteiger partial charge >= 0.3 is 0 Å². The predicted molar refractivity (Wildman–Crippen MR) is 67.8 cm³/mol. The Hall–Kier alpha value is -1.81. The summed E-state index contributed by atoms with van der Waals surface area (Å²) in [6.07, 6.45) is 0. The van der Waals surface area contributed by atoms with Gasteiger partial charge in [0.1, 0.15) is 17.4 Å². The molecule has 5 heteroatoms. The smallest absolute Gasteiger partial charge is 0.134 e. The Morgan fingerprint density at radius 2 is 1.83 bits per heavy atom. The highest BCUT2D eigenvalue weighted by atomic mass is 35.5. The quantitative estimate of drug-likeness (QED) is 0.840. The van der Waals surface area contributed by atoms with E-state index in [4.69, 9.17) is 22.1 Å². The van der Waals surface area contributed by atoms with E-state index in [0.717, 1.165) is 12.1 Å². The van der Waals surface area contributed by atoms with E-state index in [0.29, 0.717) is 5.75 Å². The molecule has 0 amide bonds. The summed E-state index contributed by atoms with van der Waals surface area (Å²) in [5.41, 5.74) is 6.27. The number of anilines is 1. The van der Waals surface area contributed by atoms with Crippen LogP contribution in [0.3, 0.4) is 0 Å². The van der Waals surface area contributed by atoms with E-state index in [-0.39, 0.29) is 21.8 Å². The minimum Gasteiger partial charge on any atom is -0.497 e. The van der Waals surface area contributed by atoms with Gasteiger partial charge in [-0.25, -0.2) is 8.78 Å². The van der Waals surface area contributed by atoms with Crippen LogP contribution >= 0.6 is 11.6 Å². The number of nitrogens with two attached hydrogens (primary N) is 1. The predicted octanol–water partition coefficient (Wildman–Crippen LogP) is 3.88. The zero-order valence-corrected chi connectivity index (χ0v) is 10.3. The lowest BCUT2D eigenvalue weighted by Gasteiger charge is -2.10. The zero-order chi connectivity index (χ0) is 13.3. The van der Waals surface area contributed by atoms with Crippen LogP contribution in [0.5, 0.6) is 5.75 Å². The van der Waals surface area contributed by atoms with Crippen molar-refractivity contribution in [3.63, 3.8) is 0 Å². The van der Waals surface area contributed by atoms with Crippen molar-refractivity contribution in [1.82, 2.24) is 0 Å². The monoisotopic (exact) mass is 269 g/mol. The van der Waals surface area contributed by atoms with E-state index < -0.39 is 11.6 Å². The molecule has 18 heavy (non-hydrogen) atoms. The van der Waals surface area contributed by atoms with Gasteiger partial charge in [0.15, 0.2) is 0 Å². The van der Waals surface area contributed by atoms with Crippen LogP contribution in [0.25, 0.3) is 11.1 Å². The van der Waals surface area contributed by atoms with Gasteiger partial charge in [0.25, 0.3) is 0 Å². The van der Waals surface area contributed by atoms with Crippen LogP contribution in [0.1, 0.15) is 0 Å². The highest BCUT2D eigenvalue weighted by molar-refractivity contribution is 6.33. The Morgan fingerprint density at radius 3 is 2.44 bits per heavy atom. The molecule has 0 aliphatic rings. The fourth-order valence-corrected chi connectivity index (χ4v) is 1.85. The first-order valence-electron chi connectivity index (χ1n) is 5.11. The maximum absolute atomic E-state index is 13.9. The van der Waals surface area contributed by atoms with E-state index in [1.807, 2.05) is 0 Å². The summed E-state index contributed by atoms with van der Waals surface area (Å²) in [7, 11) is 1.43. The van der Waals surface area contributed by atoms with Crippen molar-refractivity contribution in [3.05, 3.63) is 47.0 Å². The van der Waals surface area contributed by atoms with Gasteiger partial charge in [-0.05, 0) is 24.3 Å². The minimum atomic E-state index is -0.570. The Morgan fingerprint density at radius 1 is 1.11 bits per heavy atom. The van der Waals surface area contributed by atoms with E-state index in [1.165, 1.54) is 19.2 Å². The van der Waals surface area contributed by atoms with Gasteiger partial charge in [0.05, 0.1) is 17.8 Å². The number of rotatable bonds is 2. The van der Waals surface area contributed by atoms with Crippen molar-refractivity contribution in [1.29, 1.82) is 0 Å². The van der Waals surface area contributed by atoms with Crippen LogP contribution in [0.15, 0.2) is 30.3 Å². The van der Waals surface area contributed by atoms with E-state index in [1.54, 1.807) is 6.07 Å². The van der Waals surface area contributed by atoms with E-state index >= 15 is 0 Å². The topological polar surface area (TPSA) is 35.2 Å². The Kier molecular flexibility index (Phi) is 3.39. The standard InChI is InChI=1S/C13H10ClF2NO/c1-18-8-2-3-9(12(16)6-8)10-4-7(15)5-11(14)13(10)17/h2-6H,17H2,1H3. The third-order valence-corrected chi connectivity index (χ3v) is 2.87. The molecule has 2 aromatic rings. The maximum Gasteiger partial charge on any atom is 0.134 e. The molecule has 0 fully saturated rings. The van der Waals surface area contributed by atoms with Gasteiger partial charge < -0.3 is 10.5 Å². The third-order valence-electron chi connectivity index (χ3n) is 2.56. The summed E-state index contributed by atoms with van der Waals surface area (Å²) in [6, 6.07) is 6.47. The van der Waals surface area contributed by atoms with E-state index in [9.17, 15) is 8.78 Å². The van der Waals surface area contributed by atoms with E-state index in [2.05, 4.69) is 0 Å². The zero-order valence-electron chi connectivity index (χ0n) is 9.51. The second kappa shape index (κ2) is 4.82. The van der Waals surface area contributed by atoms with Crippen molar-refractivity contribution in [2.24, 2.45) is 0 Å². The van der Waals surface area contributed by atoms with Crippen molar-refractivity contribution in [2.45, 2.75) is 0 Å². The van der Waals surface area contributed by atoms with Crippen LogP contribution in [0.2, 0.25) is 5.02 Å². The molecule has 2 aromatic carbocycles. The van der Waals surface area contributed by atoms with Crippen LogP contribution in [-0.2, 0) is 0 Å². The first-order valence-corrected chi connectivity index (χ1v) is 5.49. The molecule has 0 saturated carbocycles. The molecule has 94 valence electrons. The largest absolute Gasteiger partial charge is 0.497 e. The van der Waals surface area contributed by atoms with Crippen molar-refractivity contribution >= 4 is 17.3 Å². The molecule has 0 aliphatic carbocycles. The van der Waals surface area contributed by atoms with Crippen LogP contribution in [0.4, 0.5) is 14.5 Å². The van der Waals surface area contributed by atoms with Gasteiger partial charge in [-0.2, -0.15) is 0 Å². The molecule has 2 nitrogen and oxygen atoms in total. The molecule has 0 saturated heterocycles. The molecule has 0 atom stereocenters. The lowest BCUT2D eigenvalue weighted by atomic mass is 10.0. The summed E-state index contributed by atoms with van der Waals surface area (Å²) >= 11 is 5.77. The Balaban J connectivity index is 2.62. The van der Waals surface area contributed by atoms with Crippen LogP contribution in [0, 0.1) is 11.6 Å². The average Bonchev–Trinajstić information content (AvgIpc) is 2.34. The summed E-state index contributed by atoms with van der Waals surface area (Å²) in [6.45, 7) is 0. The molecule has 0 aromatic heterocycles. The summed E-state index contributed by atoms with van der Waals surface area (Å²) in [5.74, 6) is -0.751. The fraction of sp³-hybridized carbons (Fsp3) is 0.0769. The first-order chi connectivity index (χ1) is 8.52. The molecule has 0 unspecified atom stereocenters. The van der Waals surface area contributed by atoms with Gasteiger partial charge in [-0.3, -0.25) is 0 Å². The normalized spacial score (nSPS) is 10.4. The Bertz CT molecular complexity index is 602. The van der Waals surface area contributed by atoms with Crippen molar-refractivity contribution < 1.29 is 13.5 Å². The summed E-state index contributed by atoms with van der Waals surface area (Å²) < 4.78 is 32.0. The lowest BCUT2D eigenvalue weighted by molar-refractivity contribution is 0.411. The number of halogens is 3. The molecule has 0 heterocycles. The SMILES string of the molecule is COc1ccc(-c2cc(F)cc(Cl)c2N)c(F)c1. The third kappa shape index (κ3) is 2.24. The summed E-state index contributed by atoms with van der Waals surface area (Å²) in [4.78, 5) is 0. The maximum atomic E-state index is 13.9. The lowest BCUT2D eigenvalue weighted by Crippen LogP contribution is -1.95. The molecule has 0 bridgehead atoms. The molecule has 2 rings (SSSR count). The second-order valence-electron chi connectivity index (χ2n) is 3.69.